The van der Waals surface area contributed by atoms with Crippen LogP contribution in [0.4, 0.5) is 0 Å². The molecule has 4 aliphatic rings. The number of ether oxygens (including phenoxy) is 2. The molecule has 0 aromatic carbocycles. The highest BCUT2D eigenvalue weighted by Gasteiger charge is 2.49. The molecule has 3 heteroatoms. The van der Waals surface area contributed by atoms with Gasteiger partial charge < -0.3 is 9.47 Å². The maximum absolute atomic E-state index is 12.0. The molecule has 2 heterocycles. The number of epoxide rings is 1. The SMILES string of the molecule is C/C(=C\CC1OC1(C)C)[C@H]1CCC2CCC=C3C(=O)OCC3C21. The molecule has 0 aromatic heterocycles. The molecule has 0 amide bonds. The van der Waals surface area contributed by atoms with Crippen LogP contribution in [0, 0.1) is 23.7 Å². The third-order valence-corrected chi connectivity index (χ3v) is 6.66. The van der Waals surface area contributed by atoms with Crippen molar-refractivity contribution in [1.29, 1.82) is 0 Å². The fourth-order valence-electron chi connectivity index (χ4n) is 5.19. The number of esters is 1. The van der Waals surface area contributed by atoms with E-state index in [4.69, 9.17) is 9.47 Å². The number of cyclic esters (lactones) is 1. The van der Waals surface area contributed by atoms with E-state index in [1.54, 1.807) is 0 Å². The van der Waals surface area contributed by atoms with Crippen LogP contribution in [0.25, 0.3) is 0 Å². The summed E-state index contributed by atoms with van der Waals surface area (Å²) in [5.74, 6) is 2.24. The van der Waals surface area contributed by atoms with E-state index in [0.717, 1.165) is 24.3 Å². The van der Waals surface area contributed by atoms with Crippen molar-refractivity contribution in [2.45, 2.75) is 64.6 Å². The number of hydrogen-bond donors (Lipinski definition) is 0. The summed E-state index contributed by atoms with van der Waals surface area (Å²) >= 11 is 0. The topological polar surface area (TPSA) is 38.8 Å². The molecule has 2 aliphatic heterocycles. The number of allylic oxidation sites excluding steroid dienone is 2. The molecule has 0 bridgehead atoms. The second-order valence-electron chi connectivity index (χ2n) is 8.36. The summed E-state index contributed by atoms with van der Waals surface area (Å²) in [4.78, 5) is 12.0. The quantitative estimate of drug-likeness (QED) is 0.448. The fourth-order valence-corrected chi connectivity index (χ4v) is 5.19. The van der Waals surface area contributed by atoms with E-state index < -0.39 is 0 Å². The van der Waals surface area contributed by atoms with Gasteiger partial charge in [0.1, 0.15) is 0 Å². The molecule has 1 saturated carbocycles. The lowest BCUT2D eigenvalue weighted by Crippen LogP contribution is -2.26. The van der Waals surface area contributed by atoms with Crippen LogP contribution in [0.3, 0.4) is 0 Å². The first-order valence-corrected chi connectivity index (χ1v) is 9.19. The Hall–Kier alpha value is -1.09. The van der Waals surface area contributed by atoms with Crippen LogP contribution in [0.15, 0.2) is 23.3 Å². The van der Waals surface area contributed by atoms with Crippen molar-refractivity contribution in [1.82, 2.24) is 0 Å². The number of hydrogen-bond acceptors (Lipinski definition) is 3. The fraction of sp³-hybridized carbons (Fsp3) is 0.750. The highest BCUT2D eigenvalue weighted by molar-refractivity contribution is 5.91. The van der Waals surface area contributed by atoms with E-state index in [0.29, 0.717) is 30.5 Å². The zero-order chi connectivity index (χ0) is 16.2. The largest absolute Gasteiger partial charge is 0.462 e. The molecule has 4 rings (SSSR count). The third-order valence-electron chi connectivity index (χ3n) is 6.66. The van der Waals surface area contributed by atoms with Crippen molar-refractivity contribution in [2.24, 2.45) is 23.7 Å². The summed E-state index contributed by atoms with van der Waals surface area (Å²) in [7, 11) is 0. The molecule has 4 unspecified atom stereocenters. The van der Waals surface area contributed by atoms with Crippen LogP contribution in [-0.4, -0.2) is 24.3 Å². The van der Waals surface area contributed by atoms with E-state index in [1.165, 1.54) is 24.8 Å². The highest BCUT2D eigenvalue weighted by atomic mass is 16.6. The van der Waals surface area contributed by atoms with Crippen molar-refractivity contribution in [3.63, 3.8) is 0 Å². The molecule has 0 N–H and O–H groups in total. The Morgan fingerprint density at radius 2 is 2.13 bits per heavy atom. The second kappa shape index (κ2) is 5.47. The highest BCUT2D eigenvalue weighted by Crippen LogP contribution is 2.52. The molecule has 23 heavy (non-hydrogen) atoms. The minimum atomic E-state index is -0.0592. The Morgan fingerprint density at radius 1 is 1.35 bits per heavy atom. The monoisotopic (exact) mass is 316 g/mol. The predicted molar refractivity (Wildman–Crippen MR) is 88.8 cm³/mol. The lowest BCUT2D eigenvalue weighted by Gasteiger charge is -2.29. The minimum Gasteiger partial charge on any atom is -0.462 e. The molecular formula is C20H28O3. The van der Waals surface area contributed by atoms with Crippen molar-refractivity contribution in [3.05, 3.63) is 23.3 Å². The van der Waals surface area contributed by atoms with Gasteiger partial charge in [-0.2, -0.15) is 0 Å². The molecular weight excluding hydrogens is 288 g/mol. The molecule has 2 saturated heterocycles. The molecule has 0 aromatic rings. The van der Waals surface area contributed by atoms with Gasteiger partial charge in [-0.05, 0) is 70.6 Å². The summed E-state index contributed by atoms with van der Waals surface area (Å²) < 4.78 is 11.1. The van der Waals surface area contributed by atoms with E-state index in [1.807, 2.05) is 0 Å². The molecule has 0 radical (unpaired) electrons. The van der Waals surface area contributed by atoms with Gasteiger partial charge in [0.05, 0.1) is 18.3 Å². The lowest BCUT2D eigenvalue weighted by atomic mass is 9.74. The summed E-state index contributed by atoms with van der Waals surface area (Å²) in [5.41, 5.74) is 2.55. The van der Waals surface area contributed by atoms with Crippen molar-refractivity contribution in [2.75, 3.05) is 6.61 Å². The summed E-state index contributed by atoms with van der Waals surface area (Å²) in [6.45, 7) is 7.22. The first-order valence-electron chi connectivity index (χ1n) is 9.19. The van der Waals surface area contributed by atoms with Crippen molar-refractivity contribution in [3.8, 4) is 0 Å². The molecule has 126 valence electrons. The molecule has 3 nitrogen and oxygen atoms in total. The number of carbonyl (C=O) groups excluding carboxylic acids is 1. The smallest absolute Gasteiger partial charge is 0.334 e. The van der Waals surface area contributed by atoms with Gasteiger partial charge in [0.15, 0.2) is 0 Å². The number of fused-ring (bicyclic) bond motifs is 3. The maximum Gasteiger partial charge on any atom is 0.334 e. The Labute approximate surface area is 139 Å². The zero-order valence-electron chi connectivity index (χ0n) is 14.5. The van der Waals surface area contributed by atoms with Gasteiger partial charge in [-0.1, -0.05) is 17.7 Å². The summed E-state index contributed by atoms with van der Waals surface area (Å²) in [6.07, 6.45) is 10.8. The van der Waals surface area contributed by atoms with Gasteiger partial charge in [-0.3, -0.25) is 0 Å². The number of rotatable bonds is 3. The Balaban J connectivity index is 1.52. The van der Waals surface area contributed by atoms with E-state index in [9.17, 15) is 4.79 Å². The Bertz CT molecular complexity index is 571. The van der Waals surface area contributed by atoms with Gasteiger partial charge in [0, 0.05) is 11.5 Å². The lowest BCUT2D eigenvalue weighted by molar-refractivity contribution is -0.135. The summed E-state index contributed by atoms with van der Waals surface area (Å²) in [5, 5.41) is 0. The second-order valence-corrected chi connectivity index (χ2v) is 8.36. The maximum atomic E-state index is 12.0. The molecule has 3 fully saturated rings. The average molecular weight is 316 g/mol. The van der Waals surface area contributed by atoms with E-state index >= 15 is 0 Å². The van der Waals surface area contributed by atoms with Crippen LogP contribution in [0.1, 0.15) is 52.9 Å². The Morgan fingerprint density at radius 3 is 2.87 bits per heavy atom. The first-order chi connectivity index (χ1) is 11.0. The van der Waals surface area contributed by atoms with Crippen LogP contribution in [-0.2, 0) is 14.3 Å². The first kappa shape index (κ1) is 15.4. The number of carbonyl (C=O) groups is 1. The standard InChI is InChI=1S/C20H28O3/c1-12(7-10-17-20(2,3)23-17)14-9-8-13-5-4-6-15-16(18(13)14)11-22-19(15)21/h6-7,13-14,16-18H,4-5,8-11H2,1-3H3/b12-7+/t13?,14-,16?,17?,18?/m1/s1. The van der Waals surface area contributed by atoms with Gasteiger partial charge in [-0.15, -0.1) is 0 Å². The minimum absolute atomic E-state index is 0.0592. The van der Waals surface area contributed by atoms with Crippen LogP contribution in [0.5, 0.6) is 0 Å². The molecule has 2 aliphatic carbocycles. The molecule has 0 spiro atoms. The zero-order valence-corrected chi connectivity index (χ0v) is 14.5. The van der Waals surface area contributed by atoms with E-state index in [2.05, 4.69) is 32.9 Å². The van der Waals surface area contributed by atoms with Gasteiger partial charge in [0.2, 0.25) is 0 Å². The normalized spacial score (nSPS) is 41.7. The Kier molecular flexibility index (Phi) is 3.67. The predicted octanol–water partition coefficient (Wildman–Crippen LogP) is 4.04. The average Bonchev–Trinajstić information content (AvgIpc) is 2.80. The van der Waals surface area contributed by atoms with Gasteiger partial charge in [-0.25, -0.2) is 4.79 Å². The van der Waals surface area contributed by atoms with E-state index in [-0.39, 0.29) is 11.6 Å². The van der Waals surface area contributed by atoms with Crippen LogP contribution >= 0.6 is 0 Å². The van der Waals surface area contributed by atoms with Gasteiger partial charge >= 0.3 is 5.97 Å². The van der Waals surface area contributed by atoms with Crippen LogP contribution < -0.4 is 0 Å². The van der Waals surface area contributed by atoms with Crippen molar-refractivity contribution >= 4 is 5.97 Å². The van der Waals surface area contributed by atoms with Gasteiger partial charge in [0.25, 0.3) is 0 Å². The third kappa shape index (κ3) is 2.67. The van der Waals surface area contributed by atoms with Crippen LogP contribution in [0.2, 0.25) is 0 Å². The molecule has 5 atom stereocenters. The summed E-state index contributed by atoms with van der Waals surface area (Å²) in [6, 6.07) is 0. The van der Waals surface area contributed by atoms with Crippen molar-refractivity contribution < 1.29 is 14.3 Å².